The number of ether oxygens (including phenoxy) is 1. The number of alkyl halides is 3. The van der Waals surface area contributed by atoms with Crippen LogP contribution in [0.3, 0.4) is 0 Å². The molecule has 1 aliphatic carbocycles. The van der Waals surface area contributed by atoms with Crippen LogP contribution in [-0.4, -0.2) is 68.6 Å². The number of hydrogen-bond donors (Lipinski definition) is 4. The van der Waals surface area contributed by atoms with Gasteiger partial charge in [0.1, 0.15) is 11.6 Å². The zero-order chi connectivity index (χ0) is 26.9. The summed E-state index contributed by atoms with van der Waals surface area (Å²) in [7, 11) is 3.69. The molecule has 0 aromatic heterocycles. The minimum absolute atomic E-state index is 0.0663. The maximum absolute atomic E-state index is 13.1. The van der Waals surface area contributed by atoms with Crippen LogP contribution >= 0.6 is 0 Å². The van der Waals surface area contributed by atoms with Gasteiger partial charge in [-0.3, -0.25) is 4.79 Å². The fraction of sp³-hybridized carbons (Fsp3) is 0.652. The van der Waals surface area contributed by atoms with E-state index >= 15 is 0 Å². The SMILES string of the molecule is CCO.CNC(=O)N1CCCC(C)C1.CNC1CC1.O=CNCc1ccc(OC(F)(F)F)cc1F. The quantitative estimate of drug-likeness (QED) is 0.359. The van der Waals surface area contributed by atoms with E-state index < -0.39 is 17.9 Å². The summed E-state index contributed by atoms with van der Waals surface area (Å²) < 4.78 is 52.0. The molecule has 8 nitrogen and oxygen atoms in total. The summed E-state index contributed by atoms with van der Waals surface area (Å²) in [6, 6.07) is 3.63. The van der Waals surface area contributed by atoms with Crippen molar-refractivity contribution in [1.82, 2.24) is 20.9 Å². The van der Waals surface area contributed by atoms with Crippen LogP contribution < -0.4 is 20.7 Å². The molecule has 1 unspecified atom stereocenters. The van der Waals surface area contributed by atoms with Gasteiger partial charge in [0.2, 0.25) is 6.41 Å². The van der Waals surface area contributed by atoms with Gasteiger partial charge in [0, 0.05) is 51.0 Å². The fourth-order valence-corrected chi connectivity index (χ4v) is 2.92. The second kappa shape index (κ2) is 17.8. The van der Waals surface area contributed by atoms with Gasteiger partial charge in [0.05, 0.1) is 0 Å². The zero-order valence-electron chi connectivity index (χ0n) is 20.8. The maximum Gasteiger partial charge on any atom is 0.573 e. The van der Waals surface area contributed by atoms with E-state index in [9.17, 15) is 27.2 Å². The third kappa shape index (κ3) is 16.6. The van der Waals surface area contributed by atoms with Crippen molar-refractivity contribution in [2.45, 2.75) is 58.5 Å². The number of carbonyl (C=O) groups is 2. The van der Waals surface area contributed by atoms with E-state index in [-0.39, 0.29) is 24.7 Å². The normalized spacial score (nSPS) is 16.7. The first-order valence-electron chi connectivity index (χ1n) is 11.5. The van der Waals surface area contributed by atoms with E-state index in [1.165, 1.54) is 19.3 Å². The van der Waals surface area contributed by atoms with E-state index in [0.29, 0.717) is 18.4 Å². The standard InChI is InChI=1S/C9H7F4NO2.C8H16N2O.C4H9N.C2H6O/c10-8-3-7(16-9(11,12)13)2-1-6(8)4-14-5-15;1-7-4-3-5-10(6-7)8(11)9-2;1-5-4-2-3-4;1-2-3/h1-3,5H,4H2,(H,14,15);7H,3-6H2,1-2H3,(H,9,11);4-5H,2-3H2,1H3;3H,2H2,1H3. The molecule has 4 N–H and O–H groups in total. The number of benzene rings is 1. The molecular formula is C23H38F4N4O4. The van der Waals surface area contributed by atoms with Gasteiger partial charge in [0.15, 0.2) is 0 Å². The lowest BCUT2D eigenvalue weighted by atomic mass is 10.0. The topological polar surface area (TPSA) is 103 Å². The molecule has 1 aromatic carbocycles. The van der Waals surface area contributed by atoms with E-state index in [1.807, 2.05) is 11.9 Å². The van der Waals surface area contributed by atoms with E-state index in [2.05, 4.69) is 27.6 Å². The molecule has 0 bridgehead atoms. The largest absolute Gasteiger partial charge is 0.573 e. The van der Waals surface area contributed by atoms with E-state index in [0.717, 1.165) is 37.7 Å². The van der Waals surface area contributed by atoms with Gasteiger partial charge in [-0.15, -0.1) is 13.2 Å². The molecule has 0 spiro atoms. The number of aliphatic hydroxyl groups excluding tert-OH is 1. The number of urea groups is 1. The Morgan fingerprint density at radius 1 is 1.26 bits per heavy atom. The van der Waals surface area contributed by atoms with E-state index in [1.54, 1.807) is 14.0 Å². The maximum atomic E-state index is 13.1. The van der Waals surface area contributed by atoms with Crippen LogP contribution in [0.25, 0.3) is 0 Å². The number of halogens is 4. The Morgan fingerprint density at radius 3 is 2.29 bits per heavy atom. The number of nitrogens with one attached hydrogen (secondary N) is 3. The zero-order valence-corrected chi connectivity index (χ0v) is 20.8. The predicted octanol–water partition coefficient (Wildman–Crippen LogP) is 3.39. The Hall–Kier alpha value is -2.60. The van der Waals surface area contributed by atoms with Crippen molar-refractivity contribution in [3.8, 4) is 5.75 Å². The van der Waals surface area contributed by atoms with Crippen molar-refractivity contribution in [1.29, 1.82) is 0 Å². The van der Waals surface area contributed by atoms with Gasteiger partial charge in [0.25, 0.3) is 0 Å². The van der Waals surface area contributed by atoms with Crippen molar-refractivity contribution in [3.63, 3.8) is 0 Å². The highest BCUT2D eigenvalue weighted by Crippen LogP contribution is 2.24. The lowest BCUT2D eigenvalue weighted by Crippen LogP contribution is -2.43. The third-order valence-electron chi connectivity index (χ3n) is 4.78. The summed E-state index contributed by atoms with van der Waals surface area (Å²) >= 11 is 0. The monoisotopic (exact) mass is 510 g/mol. The van der Waals surface area contributed by atoms with Gasteiger partial charge in [-0.1, -0.05) is 13.0 Å². The Labute approximate surface area is 204 Å². The molecule has 1 atom stereocenters. The molecule has 202 valence electrons. The molecule has 1 saturated heterocycles. The first-order chi connectivity index (χ1) is 16.5. The molecule has 1 saturated carbocycles. The Morgan fingerprint density at radius 2 is 1.89 bits per heavy atom. The molecule has 3 rings (SSSR count). The summed E-state index contributed by atoms with van der Waals surface area (Å²) in [6.07, 6.45) is 0.712. The van der Waals surface area contributed by atoms with Gasteiger partial charge in [-0.2, -0.15) is 0 Å². The Kier molecular flexibility index (Phi) is 16.5. The summed E-state index contributed by atoms with van der Waals surface area (Å²) in [5, 5.41) is 15.5. The van der Waals surface area contributed by atoms with Crippen LogP contribution in [-0.2, 0) is 11.3 Å². The number of hydrogen-bond acceptors (Lipinski definition) is 5. The van der Waals surface area contributed by atoms with Gasteiger partial charge in [-0.05, 0) is 51.6 Å². The highest BCUT2D eigenvalue weighted by molar-refractivity contribution is 5.73. The molecule has 35 heavy (non-hydrogen) atoms. The average molecular weight is 511 g/mol. The van der Waals surface area contributed by atoms with Crippen LogP contribution in [0.15, 0.2) is 18.2 Å². The van der Waals surface area contributed by atoms with Crippen molar-refractivity contribution in [2.24, 2.45) is 5.92 Å². The van der Waals surface area contributed by atoms with Crippen LogP contribution in [0, 0.1) is 11.7 Å². The van der Waals surface area contributed by atoms with E-state index in [4.69, 9.17) is 5.11 Å². The minimum Gasteiger partial charge on any atom is -0.406 e. The molecule has 2 fully saturated rings. The Bertz CT molecular complexity index is 734. The number of likely N-dealkylation sites (tertiary alicyclic amines) is 1. The Balaban J connectivity index is 0.000000520. The van der Waals surface area contributed by atoms with Crippen molar-refractivity contribution in [3.05, 3.63) is 29.6 Å². The first-order valence-corrected chi connectivity index (χ1v) is 11.5. The number of nitrogens with zero attached hydrogens (tertiary/aromatic N) is 1. The molecule has 3 amide bonds. The summed E-state index contributed by atoms with van der Waals surface area (Å²) in [6.45, 7) is 5.86. The van der Waals surface area contributed by atoms with Crippen LogP contribution in [0.2, 0.25) is 0 Å². The van der Waals surface area contributed by atoms with Crippen LogP contribution in [0.4, 0.5) is 22.4 Å². The number of carbonyl (C=O) groups excluding carboxylic acids is 2. The predicted molar refractivity (Wildman–Crippen MR) is 125 cm³/mol. The number of aliphatic hydroxyl groups is 1. The van der Waals surface area contributed by atoms with Gasteiger partial charge >= 0.3 is 12.4 Å². The second-order valence-corrected chi connectivity index (χ2v) is 7.93. The number of amides is 3. The molecule has 1 aromatic rings. The molecule has 0 radical (unpaired) electrons. The van der Waals surface area contributed by atoms with Gasteiger partial charge < -0.3 is 30.7 Å². The molecule has 2 aliphatic rings. The van der Waals surface area contributed by atoms with Crippen molar-refractivity contribution < 1.29 is 37.0 Å². The molecular weight excluding hydrogens is 472 g/mol. The highest BCUT2D eigenvalue weighted by atomic mass is 19.4. The lowest BCUT2D eigenvalue weighted by Gasteiger charge is -2.30. The summed E-state index contributed by atoms with van der Waals surface area (Å²) in [4.78, 5) is 22.9. The minimum atomic E-state index is -4.85. The van der Waals surface area contributed by atoms with Crippen LogP contribution in [0.1, 0.15) is 45.1 Å². The molecule has 1 aliphatic heterocycles. The average Bonchev–Trinajstić information content (AvgIpc) is 3.63. The van der Waals surface area contributed by atoms with Crippen molar-refractivity contribution >= 4 is 12.4 Å². The summed E-state index contributed by atoms with van der Waals surface area (Å²) in [5.74, 6) is -0.850. The third-order valence-corrected chi connectivity index (χ3v) is 4.78. The molecule has 1 heterocycles. The smallest absolute Gasteiger partial charge is 0.406 e. The summed E-state index contributed by atoms with van der Waals surface area (Å²) in [5.41, 5.74) is 0.0709. The number of rotatable bonds is 5. The van der Waals surface area contributed by atoms with Crippen molar-refractivity contribution in [2.75, 3.05) is 33.8 Å². The van der Waals surface area contributed by atoms with Gasteiger partial charge in [-0.25, -0.2) is 9.18 Å². The molecule has 12 heteroatoms. The highest BCUT2D eigenvalue weighted by Gasteiger charge is 2.31. The lowest BCUT2D eigenvalue weighted by molar-refractivity contribution is -0.274. The fourth-order valence-electron chi connectivity index (χ4n) is 2.92. The second-order valence-electron chi connectivity index (χ2n) is 7.93. The number of piperidine rings is 1. The first kappa shape index (κ1) is 32.4. The van der Waals surface area contributed by atoms with Crippen LogP contribution in [0.5, 0.6) is 5.75 Å².